The van der Waals surface area contributed by atoms with Gasteiger partial charge in [-0.2, -0.15) is 0 Å². The van der Waals surface area contributed by atoms with Crippen LogP contribution in [0, 0.1) is 5.92 Å². The third kappa shape index (κ3) is 5.90. The predicted octanol–water partition coefficient (Wildman–Crippen LogP) is 2.97. The smallest absolute Gasteiger partial charge is 0.225 e. The summed E-state index contributed by atoms with van der Waals surface area (Å²) in [6.07, 6.45) is 11.6. The highest BCUT2D eigenvalue weighted by molar-refractivity contribution is 5.81. The van der Waals surface area contributed by atoms with Gasteiger partial charge in [-0.3, -0.25) is 9.79 Å². The molecule has 1 aromatic heterocycles. The second-order valence-corrected chi connectivity index (χ2v) is 8.95. The zero-order valence-electron chi connectivity index (χ0n) is 19.2. The van der Waals surface area contributed by atoms with Crippen molar-refractivity contribution in [3.63, 3.8) is 0 Å². The Morgan fingerprint density at radius 1 is 1.16 bits per heavy atom. The molecule has 2 N–H and O–H groups in total. The maximum atomic E-state index is 12.8. The molecule has 2 aromatic rings. The van der Waals surface area contributed by atoms with Crippen LogP contribution < -0.4 is 10.6 Å². The van der Waals surface area contributed by atoms with Crippen LogP contribution in [0.15, 0.2) is 47.7 Å². The maximum absolute atomic E-state index is 12.8. The second-order valence-electron chi connectivity index (χ2n) is 8.95. The number of amides is 1. The highest BCUT2D eigenvalue weighted by Crippen LogP contribution is 2.26. The van der Waals surface area contributed by atoms with E-state index in [9.17, 15) is 4.79 Å². The van der Waals surface area contributed by atoms with E-state index in [0.717, 1.165) is 57.1 Å². The highest BCUT2D eigenvalue weighted by Gasteiger charge is 2.31. The molecule has 7 heteroatoms. The average molecular weight is 437 g/mol. The van der Waals surface area contributed by atoms with Crippen LogP contribution in [0.2, 0.25) is 0 Å². The number of nitrogens with one attached hydrogen (secondary N) is 2. The van der Waals surface area contributed by atoms with E-state index in [1.54, 1.807) is 7.05 Å². The van der Waals surface area contributed by atoms with E-state index in [4.69, 9.17) is 0 Å². The van der Waals surface area contributed by atoms with Crippen LogP contribution in [0.1, 0.15) is 49.9 Å². The summed E-state index contributed by atoms with van der Waals surface area (Å²) in [5.41, 5.74) is 1.33. The lowest BCUT2D eigenvalue weighted by Crippen LogP contribution is -2.45. The number of aliphatic imine (C=N–C) groups is 1. The number of nitrogens with zero attached hydrogens (tertiary/aromatic N) is 4. The summed E-state index contributed by atoms with van der Waals surface area (Å²) in [4.78, 5) is 23.8. The quantitative estimate of drug-likeness (QED) is 0.517. The molecule has 2 fully saturated rings. The lowest BCUT2D eigenvalue weighted by atomic mass is 9.88. The number of carbonyl (C=O) groups is 1. The van der Waals surface area contributed by atoms with Gasteiger partial charge in [0.15, 0.2) is 5.96 Å². The van der Waals surface area contributed by atoms with Crippen molar-refractivity contribution < 1.29 is 4.79 Å². The van der Waals surface area contributed by atoms with Crippen molar-refractivity contribution in [3.8, 4) is 0 Å². The van der Waals surface area contributed by atoms with Gasteiger partial charge in [0, 0.05) is 51.0 Å². The van der Waals surface area contributed by atoms with Crippen molar-refractivity contribution in [2.75, 3.05) is 20.1 Å². The summed E-state index contributed by atoms with van der Waals surface area (Å²) >= 11 is 0. The molecule has 0 radical (unpaired) electrons. The van der Waals surface area contributed by atoms with Gasteiger partial charge in [0.2, 0.25) is 5.91 Å². The zero-order chi connectivity index (χ0) is 22.2. The van der Waals surface area contributed by atoms with Crippen LogP contribution >= 0.6 is 0 Å². The van der Waals surface area contributed by atoms with Crippen LogP contribution in [0.4, 0.5) is 0 Å². The third-order valence-electron chi connectivity index (χ3n) is 6.72. The maximum Gasteiger partial charge on any atom is 0.225 e. The lowest BCUT2D eigenvalue weighted by molar-refractivity contribution is -0.135. The Morgan fingerprint density at radius 3 is 2.75 bits per heavy atom. The Hall–Kier alpha value is -2.83. The van der Waals surface area contributed by atoms with Crippen molar-refractivity contribution in [1.29, 1.82) is 0 Å². The molecule has 0 bridgehead atoms. The zero-order valence-corrected chi connectivity index (χ0v) is 19.2. The van der Waals surface area contributed by atoms with Crippen LogP contribution in [0.5, 0.6) is 0 Å². The van der Waals surface area contributed by atoms with E-state index in [1.807, 2.05) is 18.5 Å². The molecule has 2 heterocycles. The van der Waals surface area contributed by atoms with E-state index in [-0.39, 0.29) is 12.0 Å². The molecule has 4 rings (SSSR count). The summed E-state index contributed by atoms with van der Waals surface area (Å²) < 4.78 is 2.19. The highest BCUT2D eigenvalue weighted by atomic mass is 16.2. The summed E-state index contributed by atoms with van der Waals surface area (Å²) in [5.74, 6) is 2.36. The summed E-state index contributed by atoms with van der Waals surface area (Å²) in [7, 11) is 1.79. The first-order chi connectivity index (χ1) is 15.7. The summed E-state index contributed by atoms with van der Waals surface area (Å²) in [6, 6.07) is 10.8. The largest absolute Gasteiger partial charge is 0.352 e. The van der Waals surface area contributed by atoms with E-state index >= 15 is 0 Å². The molecular weight excluding hydrogens is 400 g/mol. The van der Waals surface area contributed by atoms with Gasteiger partial charge in [0.05, 0.1) is 6.54 Å². The number of aromatic nitrogens is 2. The average Bonchev–Trinajstić information content (AvgIpc) is 3.50. The molecule has 1 aromatic carbocycles. The monoisotopic (exact) mass is 436 g/mol. The third-order valence-corrected chi connectivity index (χ3v) is 6.72. The first-order valence-electron chi connectivity index (χ1n) is 12.0. The number of carbonyl (C=O) groups excluding carboxylic acids is 1. The minimum atomic E-state index is 0.242. The Kier molecular flexibility index (Phi) is 7.80. The first-order valence-corrected chi connectivity index (χ1v) is 12.0. The van der Waals surface area contributed by atoms with Gasteiger partial charge in [0.1, 0.15) is 5.82 Å². The minimum absolute atomic E-state index is 0.242. The molecule has 172 valence electrons. The molecule has 0 spiro atoms. The molecular formula is C25H36N6O. The van der Waals surface area contributed by atoms with Crippen LogP contribution in [-0.2, 0) is 24.3 Å². The summed E-state index contributed by atoms with van der Waals surface area (Å²) in [6.45, 7) is 3.11. The van der Waals surface area contributed by atoms with Gasteiger partial charge in [-0.1, -0.05) is 49.6 Å². The molecule has 32 heavy (non-hydrogen) atoms. The van der Waals surface area contributed by atoms with Crippen molar-refractivity contribution >= 4 is 11.9 Å². The van der Waals surface area contributed by atoms with E-state index < -0.39 is 0 Å². The molecule has 1 unspecified atom stereocenters. The number of guanidine groups is 1. The molecule has 2 aliphatic rings. The Labute approximate surface area is 191 Å². The van der Waals surface area contributed by atoms with Crippen LogP contribution in [0.25, 0.3) is 0 Å². The summed E-state index contributed by atoms with van der Waals surface area (Å²) in [5, 5.41) is 6.90. The fourth-order valence-electron chi connectivity index (χ4n) is 4.84. The van der Waals surface area contributed by atoms with Crippen molar-refractivity contribution in [2.24, 2.45) is 10.9 Å². The fraction of sp³-hybridized carbons (Fsp3) is 0.560. The van der Waals surface area contributed by atoms with E-state index in [2.05, 4.69) is 54.3 Å². The van der Waals surface area contributed by atoms with Crippen molar-refractivity contribution in [1.82, 2.24) is 25.1 Å². The van der Waals surface area contributed by atoms with Crippen LogP contribution in [-0.4, -0.2) is 52.5 Å². The number of likely N-dealkylation sites (tertiary alicyclic amines) is 1. The number of rotatable bonds is 7. The number of benzene rings is 1. The molecule has 1 saturated heterocycles. The number of imidazole rings is 1. The number of aryl methyl sites for hydroxylation is 2. The van der Waals surface area contributed by atoms with E-state index in [1.165, 1.54) is 24.8 Å². The van der Waals surface area contributed by atoms with Gasteiger partial charge in [-0.15, -0.1) is 0 Å². The van der Waals surface area contributed by atoms with E-state index in [0.29, 0.717) is 12.5 Å². The van der Waals surface area contributed by atoms with Gasteiger partial charge < -0.3 is 20.1 Å². The molecule has 7 nitrogen and oxygen atoms in total. The Balaban J connectivity index is 1.23. The van der Waals surface area contributed by atoms with Crippen LogP contribution in [0.3, 0.4) is 0 Å². The molecule has 1 aliphatic heterocycles. The van der Waals surface area contributed by atoms with Gasteiger partial charge >= 0.3 is 0 Å². The van der Waals surface area contributed by atoms with Crippen molar-refractivity contribution in [3.05, 3.63) is 54.1 Å². The van der Waals surface area contributed by atoms with Gasteiger partial charge in [-0.05, 0) is 31.2 Å². The lowest BCUT2D eigenvalue weighted by Gasteiger charge is -2.26. The predicted molar refractivity (Wildman–Crippen MR) is 127 cm³/mol. The molecule has 1 atom stereocenters. The second kappa shape index (κ2) is 11.2. The number of hydrogen-bond acceptors (Lipinski definition) is 3. The molecule has 1 saturated carbocycles. The van der Waals surface area contributed by atoms with Crippen molar-refractivity contribution in [2.45, 2.75) is 64.1 Å². The standard InChI is InChI=1S/C25H36N6O/c1-26-25(29-22-13-16-31(19-22)24(32)21-10-6-3-7-11-21)28-18-23-27-14-17-30(23)15-12-20-8-4-2-5-9-20/h2,4-5,8-9,14,17,21-22H,3,6-7,10-13,15-16,18-19H2,1H3,(H2,26,28,29). The molecule has 1 amide bonds. The first kappa shape index (κ1) is 22.4. The Bertz CT molecular complexity index is 887. The minimum Gasteiger partial charge on any atom is -0.352 e. The topological polar surface area (TPSA) is 74.6 Å². The SMILES string of the molecule is CN=C(NCc1nccn1CCc1ccccc1)NC1CCN(C(=O)C2CCCCC2)C1. The van der Waals surface area contributed by atoms with Gasteiger partial charge in [0.25, 0.3) is 0 Å². The van der Waals surface area contributed by atoms with Gasteiger partial charge in [-0.25, -0.2) is 4.98 Å². The molecule has 1 aliphatic carbocycles. The normalized spacial score (nSPS) is 19.8. The number of hydrogen-bond donors (Lipinski definition) is 2. The Morgan fingerprint density at radius 2 is 1.97 bits per heavy atom. The fourth-order valence-corrected chi connectivity index (χ4v) is 4.84.